The lowest BCUT2D eigenvalue weighted by atomic mass is 10.2. The number of aryl methyl sites for hydroxylation is 1. The van der Waals surface area contributed by atoms with Crippen molar-refractivity contribution in [1.29, 1.82) is 0 Å². The summed E-state index contributed by atoms with van der Waals surface area (Å²) in [5.41, 5.74) is -0.174. The van der Waals surface area contributed by atoms with Crippen molar-refractivity contribution in [3.05, 3.63) is 56.0 Å². The van der Waals surface area contributed by atoms with Crippen molar-refractivity contribution in [3.63, 3.8) is 0 Å². The molecule has 10 heteroatoms. The normalized spacial score (nSPS) is 11.0. The highest BCUT2D eigenvalue weighted by molar-refractivity contribution is 6.29. The van der Waals surface area contributed by atoms with Crippen LogP contribution in [-0.2, 0) is 25.4 Å². The van der Waals surface area contributed by atoms with Gasteiger partial charge in [0.05, 0.1) is 19.2 Å². The van der Waals surface area contributed by atoms with Gasteiger partial charge in [-0.05, 0) is 29.8 Å². The van der Waals surface area contributed by atoms with E-state index in [4.69, 9.17) is 16.3 Å². The molecule has 0 amide bonds. The van der Waals surface area contributed by atoms with Gasteiger partial charge in [0.2, 0.25) is 5.28 Å². The number of hydrogen-bond donors (Lipinski definition) is 0. The maximum atomic E-state index is 12.5. The van der Waals surface area contributed by atoms with E-state index >= 15 is 0 Å². The summed E-state index contributed by atoms with van der Waals surface area (Å²) >= 11 is 6.16. The maximum absolute atomic E-state index is 12.5. The molecule has 0 aliphatic heterocycles. The van der Waals surface area contributed by atoms with E-state index < -0.39 is 17.2 Å². The summed E-state index contributed by atoms with van der Waals surface area (Å²) in [4.78, 5) is 40.1. The minimum absolute atomic E-state index is 0.0789. The Labute approximate surface area is 158 Å². The van der Waals surface area contributed by atoms with Gasteiger partial charge in [-0.15, -0.1) is 0 Å². The van der Waals surface area contributed by atoms with Gasteiger partial charge in [-0.1, -0.05) is 6.07 Å². The molecule has 27 heavy (non-hydrogen) atoms. The summed E-state index contributed by atoms with van der Waals surface area (Å²) in [5, 5.41) is 0.0789. The fraction of sp³-hybridized carbons (Fsp3) is 0.294. The van der Waals surface area contributed by atoms with Gasteiger partial charge in [0.15, 0.2) is 11.2 Å². The fourth-order valence-electron chi connectivity index (χ4n) is 2.71. The largest absolute Gasteiger partial charge is 0.492 e. The van der Waals surface area contributed by atoms with Gasteiger partial charge in [-0.25, -0.2) is 9.59 Å². The van der Waals surface area contributed by atoms with Crippen LogP contribution in [-0.4, -0.2) is 38.4 Å². The highest BCUT2D eigenvalue weighted by atomic mass is 35.5. The molecule has 0 bridgehead atoms. The topological polar surface area (TPSA) is 97.3 Å². The van der Waals surface area contributed by atoms with Crippen LogP contribution in [0.25, 0.3) is 11.2 Å². The summed E-state index contributed by atoms with van der Waals surface area (Å²) < 4.78 is 14.1. The average Bonchev–Trinajstić information content (AvgIpc) is 3.01. The quantitative estimate of drug-likeness (QED) is 0.473. The van der Waals surface area contributed by atoms with Crippen LogP contribution in [0.15, 0.2) is 33.9 Å². The summed E-state index contributed by atoms with van der Waals surface area (Å²) in [6.45, 7) is 0.396. The first-order valence-electron chi connectivity index (χ1n) is 7.98. The molecule has 142 valence electrons. The third-order valence-electron chi connectivity index (χ3n) is 4.14. The van der Waals surface area contributed by atoms with Gasteiger partial charge in [-0.3, -0.25) is 13.9 Å². The number of esters is 1. The van der Waals surface area contributed by atoms with Crippen molar-refractivity contribution in [1.82, 2.24) is 18.7 Å². The highest BCUT2D eigenvalue weighted by Gasteiger charge is 2.18. The molecule has 3 rings (SSSR count). The number of benzene rings is 1. The number of carbonyl (C=O) groups excluding carboxylic acids is 1. The molecule has 2 aromatic heterocycles. The van der Waals surface area contributed by atoms with Crippen LogP contribution in [0.1, 0.15) is 10.4 Å². The number of aromatic nitrogens is 4. The SMILES string of the molecule is COC(=O)c1cccc(OCCn2c(Cl)nc3c2c(=O)n(C)c(=O)n3C)c1. The third kappa shape index (κ3) is 3.33. The summed E-state index contributed by atoms with van der Waals surface area (Å²) in [7, 11) is 4.21. The first-order chi connectivity index (χ1) is 12.8. The molecular weight excluding hydrogens is 376 g/mol. The molecule has 1 aromatic carbocycles. The van der Waals surface area contributed by atoms with Gasteiger partial charge in [0.1, 0.15) is 12.4 Å². The van der Waals surface area contributed by atoms with Crippen molar-refractivity contribution in [3.8, 4) is 5.75 Å². The predicted molar refractivity (Wildman–Crippen MR) is 98.5 cm³/mol. The minimum Gasteiger partial charge on any atom is -0.492 e. The number of ether oxygens (including phenoxy) is 2. The van der Waals surface area contributed by atoms with E-state index in [1.54, 1.807) is 24.3 Å². The number of imidazole rings is 1. The molecule has 3 aromatic rings. The van der Waals surface area contributed by atoms with E-state index in [9.17, 15) is 14.4 Å². The zero-order chi connectivity index (χ0) is 19.7. The number of methoxy groups -OCH3 is 1. The van der Waals surface area contributed by atoms with Crippen LogP contribution < -0.4 is 16.0 Å². The van der Waals surface area contributed by atoms with E-state index in [1.807, 2.05) is 0 Å². The van der Waals surface area contributed by atoms with E-state index in [0.29, 0.717) is 11.3 Å². The second kappa shape index (κ2) is 7.28. The van der Waals surface area contributed by atoms with Crippen molar-refractivity contribution < 1.29 is 14.3 Å². The van der Waals surface area contributed by atoms with Crippen LogP contribution >= 0.6 is 11.6 Å². The molecule has 0 radical (unpaired) electrons. The molecule has 2 heterocycles. The standard InChI is InChI=1S/C17H17ClN4O5/c1-20-13-12(14(23)21(2)17(20)25)22(16(18)19-13)7-8-27-11-6-4-5-10(9-11)15(24)26-3/h4-6,9H,7-8H2,1-3H3. The first kappa shape index (κ1) is 18.7. The third-order valence-corrected chi connectivity index (χ3v) is 4.43. The molecule has 0 aliphatic carbocycles. The molecule has 9 nitrogen and oxygen atoms in total. The second-order valence-corrected chi connectivity index (χ2v) is 6.12. The lowest BCUT2D eigenvalue weighted by molar-refractivity contribution is 0.0600. The molecule has 0 atom stereocenters. The Morgan fingerprint density at radius 3 is 2.67 bits per heavy atom. The van der Waals surface area contributed by atoms with Gasteiger partial charge >= 0.3 is 11.7 Å². The van der Waals surface area contributed by atoms with Crippen LogP contribution in [0.2, 0.25) is 5.28 Å². The monoisotopic (exact) mass is 392 g/mol. The zero-order valence-corrected chi connectivity index (χ0v) is 15.7. The van der Waals surface area contributed by atoms with Crippen molar-refractivity contribution in [2.24, 2.45) is 14.1 Å². The average molecular weight is 393 g/mol. The molecule has 0 N–H and O–H groups in total. The fourth-order valence-corrected chi connectivity index (χ4v) is 2.96. The molecule has 0 saturated carbocycles. The molecular formula is C17H17ClN4O5. The number of fused-ring (bicyclic) bond motifs is 1. The van der Waals surface area contributed by atoms with E-state index in [1.165, 1.54) is 30.3 Å². The van der Waals surface area contributed by atoms with Crippen LogP contribution in [0, 0.1) is 0 Å². The molecule has 0 aliphatic rings. The minimum atomic E-state index is -0.486. The number of nitrogens with zero attached hydrogens (tertiary/aromatic N) is 4. The van der Waals surface area contributed by atoms with Gasteiger partial charge in [0, 0.05) is 14.1 Å². The van der Waals surface area contributed by atoms with Gasteiger partial charge < -0.3 is 14.0 Å². The Kier molecular flexibility index (Phi) is 5.04. The van der Waals surface area contributed by atoms with Crippen molar-refractivity contribution in [2.75, 3.05) is 13.7 Å². The Morgan fingerprint density at radius 1 is 1.22 bits per heavy atom. The summed E-state index contributed by atoms with van der Waals surface area (Å²) in [5.74, 6) is 0.00672. The number of carbonyl (C=O) groups is 1. The Morgan fingerprint density at radius 2 is 1.96 bits per heavy atom. The molecule has 0 saturated heterocycles. The predicted octanol–water partition coefficient (Wildman–Crippen LogP) is 0.953. The number of halogens is 1. The lowest BCUT2D eigenvalue weighted by Gasteiger charge is -2.10. The Hall–Kier alpha value is -3.07. The first-order valence-corrected chi connectivity index (χ1v) is 8.36. The smallest absolute Gasteiger partial charge is 0.337 e. The van der Waals surface area contributed by atoms with Crippen LogP contribution in [0.3, 0.4) is 0 Å². The maximum Gasteiger partial charge on any atom is 0.337 e. The number of hydrogen-bond acceptors (Lipinski definition) is 6. The van der Waals surface area contributed by atoms with E-state index in [0.717, 1.165) is 4.57 Å². The summed E-state index contributed by atoms with van der Waals surface area (Å²) in [6.07, 6.45) is 0. The second-order valence-electron chi connectivity index (χ2n) is 5.78. The van der Waals surface area contributed by atoms with Crippen LogP contribution in [0.5, 0.6) is 5.75 Å². The molecule has 0 fully saturated rings. The van der Waals surface area contributed by atoms with Gasteiger partial charge in [-0.2, -0.15) is 4.98 Å². The van der Waals surface area contributed by atoms with E-state index in [-0.39, 0.29) is 29.6 Å². The zero-order valence-electron chi connectivity index (χ0n) is 14.9. The highest BCUT2D eigenvalue weighted by Crippen LogP contribution is 2.17. The number of rotatable bonds is 5. The lowest BCUT2D eigenvalue weighted by Crippen LogP contribution is -2.37. The van der Waals surface area contributed by atoms with Crippen LogP contribution in [0.4, 0.5) is 0 Å². The molecule has 0 unspecified atom stereocenters. The molecule has 0 spiro atoms. The Bertz CT molecular complexity index is 1140. The van der Waals surface area contributed by atoms with Crippen molar-refractivity contribution in [2.45, 2.75) is 6.54 Å². The summed E-state index contributed by atoms with van der Waals surface area (Å²) in [6, 6.07) is 6.54. The van der Waals surface area contributed by atoms with Crippen molar-refractivity contribution >= 4 is 28.7 Å². The van der Waals surface area contributed by atoms with Gasteiger partial charge in [0.25, 0.3) is 5.56 Å². The Balaban J connectivity index is 1.86. The van der Waals surface area contributed by atoms with E-state index in [2.05, 4.69) is 9.72 Å².